The van der Waals surface area contributed by atoms with Crippen LogP contribution < -0.4 is 0 Å². The number of carbonyl (C=O) groups is 1. The normalized spacial score (nSPS) is 10.4. The van der Waals surface area contributed by atoms with Gasteiger partial charge in [0, 0.05) is 6.20 Å². The molecule has 0 atom stereocenters. The first-order valence-corrected chi connectivity index (χ1v) is 6.58. The fourth-order valence-corrected chi connectivity index (χ4v) is 2.33. The molecule has 6 heteroatoms. The predicted molar refractivity (Wildman–Crippen MR) is 79.7 cm³/mol. The van der Waals surface area contributed by atoms with Crippen molar-refractivity contribution >= 4 is 17.0 Å². The van der Waals surface area contributed by atoms with Gasteiger partial charge in [-0.05, 0) is 42.8 Å². The van der Waals surface area contributed by atoms with Crippen LogP contribution in [0.5, 0.6) is 0 Å². The van der Waals surface area contributed by atoms with Gasteiger partial charge in [0.1, 0.15) is 0 Å². The molecule has 0 spiro atoms. The first kappa shape index (κ1) is 13.8. The van der Waals surface area contributed by atoms with Gasteiger partial charge < -0.3 is 4.74 Å². The van der Waals surface area contributed by atoms with Gasteiger partial charge in [0.25, 0.3) is 0 Å². The molecule has 0 aliphatic heterocycles. The zero-order valence-corrected chi connectivity index (χ0v) is 12.1. The summed E-state index contributed by atoms with van der Waals surface area (Å²) in [5, 5.41) is 14.0. The highest BCUT2D eigenvalue weighted by Gasteiger charge is 2.19. The van der Waals surface area contributed by atoms with Gasteiger partial charge in [0.05, 0.1) is 29.8 Å². The highest BCUT2D eigenvalue weighted by molar-refractivity contribution is 6.01. The molecule has 2 heterocycles. The summed E-state index contributed by atoms with van der Waals surface area (Å²) in [5.41, 5.74) is 2.86. The van der Waals surface area contributed by atoms with Crippen LogP contribution in [0.15, 0.2) is 36.5 Å². The predicted octanol–water partition coefficient (Wildman–Crippen LogP) is 2.39. The van der Waals surface area contributed by atoms with Crippen LogP contribution in [0, 0.1) is 18.3 Å². The quantitative estimate of drug-likeness (QED) is 0.677. The third kappa shape index (κ3) is 2.19. The Labute approximate surface area is 126 Å². The van der Waals surface area contributed by atoms with E-state index in [9.17, 15) is 4.79 Å². The molecule has 3 aromatic rings. The van der Waals surface area contributed by atoms with Crippen LogP contribution in [-0.4, -0.2) is 27.8 Å². The number of carbonyl (C=O) groups excluding carboxylic acids is 1. The first-order chi connectivity index (χ1) is 10.6. The lowest BCUT2D eigenvalue weighted by atomic mass is 10.1. The van der Waals surface area contributed by atoms with Crippen LogP contribution in [-0.2, 0) is 4.74 Å². The summed E-state index contributed by atoms with van der Waals surface area (Å²) in [5.74, 6) is -0.523. The van der Waals surface area contributed by atoms with Gasteiger partial charge in [-0.2, -0.15) is 10.4 Å². The van der Waals surface area contributed by atoms with Crippen LogP contribution in [0.2, 0.25) is 0 Å². The van der Waals surface area contributed by atoms with E-state index in [4.69, 9.17) is 10.00 Å². The zero-order valence-electron chi connectivity index (χ0n) is 12.1. The number of nitriles is 1. The molecule has 0 bridgehead atoms. The van der Waals surface area contributed by atoms with Crippen molar-refractivity contribution in [3.8, 4) is 11.8 Å². The van der Waals surface area contributed by atoms with Crippen LogP contribution in [0.25, 0.3) is 16.7 Å². The second kappa shape index (κ2) is 5.30. The van der Waals surface area contributed by atoms with E-state index >= 15 is 0 Å². The fourth-order valence-electron chi connectivity index (χ4n) is 2.33. The van der Waals surface area contributed by atoms with Crippen LogP contribution in [0.1, 0.15) is 21.6 Å². The number of benzene rings is 1. The van der Waals surface area contributed by atoms with Crippen molar-refractivity contribution in [1.82, 2.24) is 14.8 Å². The molecule has 2 aromatic heterocycles. The number of ether oxygens (including phenoxy) is 1. The maximum atomic E-state index is 11.9. The third-order valence-corrected chi connectivity index (χ3v) is 3.26. The van der Waals surface area contributed by atoms with Crippen molar-refractivity contribution in [2.45, 2.75) is 6.92 Å². The maximum Gasteiger partial charge on any atom is 0.359 e. The summed E-state index contributed by atoms with van der Waals surface area (Å²) >= 11 is 0. The number of hydrogen-bond donors (Lipinski definition) is 0. The van der Waals surface area contributed by atoms with Crippen molar-refractivity contribution in [2.75, 3.05) is 7.11 Å². The highest BCUT2D eigenvalue weighted by atomic mass is 16.5. The molecule has 0 aliphatic carbocycles. The van der Waals surface area contributed by atoms with Crippen molar-refractivity contribution < 1.29 is 9.53 Å². The molecule has 0 saturated carbocycles. The molecule has 108 valence electrons. The maximum absolute atomic E-state index is 11.9. The molecular formula is C16H12N4O2. The van der Waals surface area contributed by atoms with Gasteiger partial charge in [-0.1, -0.05) is 0 Å². The summed E-state index contributed by atoms with van der Waals surface area (Å²) in [6.45, 7) is 1.89. The van der Waals surface area contributed by atoms with Gasteiger partial charge in [-0.25, -0.2) is 14.5 Å². The molecule has 0 N–H and O–H groups in total. The molecule has 0 aliphatic rings. The Hall–Kier alpha value is -3.20. The number of esters is 1. The highest BCUT2D eigenvalue weighted by Crippen LogP contribution is 2.22. The summed E-state index contributed by atoms with van der Waals surface area (Å²) in [6, 6.07) is 11.0. The molecule has 0 fully saturated rings. The number of aryl methyl sites for hydroxylation is 1. The Kier molecular flexibility index (Phi) is 3.31. The molecule has 0 unspecified atom stereocenters. The minimum absolute atomic E-state index is 0.200. The molecule has 1 aromatic carbocycles. The second-order valence-electron chi connectivity index (χ2n) is 4.80. The van der Waals surface area contributed by atoms with E-state index in [2.05, 4.69) is 16.2 Å². The summed E-state index contributed by atoms with van der Waals surface area (Å²) in [4.78, 5) is 16.2. The Morgan fingerprint density at radius 1 is 1.36 bits per heavy atom. The smallest absolute Gasteiger partial charge is 0.359 e. The van der Waals surface area contributed by atoms with Crippen LogP contribution in [0.4, 0.5) is 0 Å². The minimum Gasteiger partial charge on any atom is -0.464 e. The lowest BCUT2D eigenvalue weighted by Gasteiger charge is -2.04. The molecule has 6 nitrogen and oxygen atoms in total. The average molecular weight is 292 g/mol. The third-order valence-electron chi connectivity index (χ3n) is 3.26. The SMILES string of the molecule is COC(=O)c1nn(-c2cc(C)cc(C#N)c2)c2ncccc12. The first-order valence-electron chi connectivity index (χ1n) is 6.58. The minimum atomic E-state index is -0.523. The Morgan fingerprint density at radius 2 is 2.18 bits per heavy atom. The molecule has 3 rings (SSSR count). The monoisotopic (exact) mass is 292 g/mol. The van der Waals surface area contributed by atoms with E-state index in [0.29, 0.717) is 22.3 Å². The number of nitrogens with zero attached hydrogens (tertiary/aromatic N) is 4. The Balaban J connectivity index is 2.30. The van der Waals surface area contributed by atoms with Crippen LogP contribution >= 0.6 is 0 Å². The molecular weight excluding hydrogens is 280 g/mol. The van der Waals surface area contributed by atoms with E-state index in [1.165, 1.54) is 7.11 Å². The summed E-state index contributed by atoms with van der Waals surface area (Å²) in [6.07, 6.45) is 1.63. The van der Waals surface area contributed by atoms with Gasteiger partial charge in [-0.3, -0.25) is 0 Å². The fraction of sp³-hybridized carbons (Fsp3) is 0.125. The number of pyridine rings is 1. The molecule has 0 saturated heterocycles. The van der Waals surface area contributed by atoms with Gasteiger partial charge >= 0.3 is 5.97 Å². The van der Waals surface area contributed by atoms with Crippen molar-refractivity contribution in [3.63, 3.8) is 0 Å². The molecule has 0 radical (unpaired) electrons. The van der Waals surface area contributed by atoms with Crippen molar-refractivity contribution in [1.29, 1.82) is 5.26 Å². The van der Waals surface area contributed by atoms with Gasteiger partial charge in [0.2, 0.25) is 0 Å². The Bertz CT molecular complexity index is 922. The molecule has 22 heavy (non-hydrogen) atoms. The number of fused-ring (bicyclic) bond motifs is 1. The average Bonchev–Trinajstić information content (AvgIpc) is 2.93. The van der Waals surface area contributed by atoms with Gasteiger partial charge in [-0.15, -0.1) is 0 Å². The number of aromatic nitrogens is 3. The largest absolute Gasteiger partial charge is 0.464 e. The standard InChI is InChI=1S/C16H12N4O2/c1-10-6-11(9-17)8-12(7-10)20-15-13(4-3-5-18-15)14(19-20)16(21)22-2/h3-8H,1-2H3. The van der Waals surface area contributed by atoms with E-state index in [1.807, 2.05) is 13.0 Å². The van der Waals surface area contributed by atoms with Crippen LogP contribution in [0.3, 0.4) is 0 Å². The van der Waals surface area contributed by atoms with E-state index in [-0.39, 0.29) is 5.69 Å². The van der Waals surface area contributed by atoms with E-state index in [1.54, 1.807) is 35.1 Å². The van der Waals surface area contributed by atoms with E-state index < -0.39 is 5.97 Å². The summed E-state index contributed by atoms with van der Waals surface area (Å²) < 4.78 is 6.32. The number of methoxy groups -OCH3 is 1. The number of rotatable bonds is 2. The molecule has 0 amide bonds. The van der Waals surface area contributed by atoms with E-state index in [0.717, 1.165) is 5.56 Å². The summed E-state index contributed by atoms with van der Waals surface area (Å²) in [7, 11) is 1.31. The van der Waals surface area contributed by atoms with Crippen molar-refractivity contribution in [2.24, 2.45) is 0 Å². The van der Waals surface area contributed by atoms with Crippen molar-refractivity contribution in [3.05, 3.63) is 53.3 Å². The zero-order chi connectivity index (χ0) is 15.7. The second-order valence-corrected chi connectivity index (χ2v) is 4.80. The Morgan fingerprint density at radius 3 is 2.91 bits per heavy atom. The topological polar surface area (TPSA) is 80.8 Å². The number of hydrogen-bond acceptors (Lipinski definition) is 5. The van der Waals surface area contributed by atoms with Gasteiger partial charge in [0.15, 0.2) is 11.3 Å². The lowest BCUT2D eigenvalue weighted by Crippen LogP contribution is -2.04. The lowest BCUT2D eigenvalue weighted by molar-refractivity contribution is 0.0595.